The van der Waals surface area contributed by atoms with Crippen molar-refractivity contribution in [1.29, 1.82) is 0 Å². The van der Waals surface area contributed by atoms with Gasteiger partial charge in [0.25, 0.3) is 0 Å². The van der Waals surface area contributed by atoms with Crippen LogP contribution in [0.4, 0.5) is 0 Å². The number of benzene rings is 2. The van der Waals surface area contributed by atoms with Gasteiger partial charge in [-0.1, -0.05) is 6.07 Å². The van der Waals surface area contributed by atoms with E-state index in [2.05, 4.69) is 0 Å². The first-order valence-electron chi connectivity index (χ1n) is 6.12. The number of phenolic OH excluding ortho intramolecular Hbond substituents is 2. The van der Waals surface area contributed by atoms with Gasteiger partial charge in [-0.05, 0) is 24.3 Å². The average molecular weight is 290 g/mol. The third-order valence-corrected chi connectivity index (χ3v) is 2.92. The van der Waals surface area contributed by atoms with E-state index in [1.165, 1.54) is 30.3 Å². The molecule has 0 spiro atoms. The zero-order valence-corrected chi connectivity index (χ0v) is 11.0. The number of carbonyl (C=O) groups excluding carboxylic acids is 1. The number of ether oxygens (including phenoxy) is 1. The average Bonchev–Trinajstić information content (AvgIpc) is 2.46. The van der Waals surface area contributed by atoms with Crippen molar-refractivity contribution in [3.63, 3.8) is 0 Å². The van der Waals surface area contributed by atoms with Gasteiger partial charge in [-0.3, -0.25) is 0 Å². The summed E-state index contributed by atoms with van der Waals surface area (Å²) in [5.41, 5.74) is 0.781. The van der Waals surface area contributed by atoms with Crippen molar-refractivity contribution in [2.24, 2.45) is 0 Å². The minimum Gasteiger partial charge on any atom is -0.508 e. The molecule has 0 amide bonds. The minimum absolute atomic E-state index is 0.0907. The standard InChI is InChI=1S/C15H14O6/c16-7-10-2-1-9(5-13(10)18)15(20)21-8-11-3-4-12(17)6-14(11)19/h1-6,16-19H,7-8H2. The summed E-state index contributed by atoms with van der Waals surface area (Å²) in [6.45, 7) is -0.504. The highest BCUT2D eigenvalue weighted by Crippen LogP contribution is 2.24. The largest absolute Gasteiger partial charge is 0.508 e. The lowest BCUT2D eigenvalue weighted by Gasteiger charge is -2.08. The van der Waals surface area contributed by atoms with Gasteiger partial charge in [-0.15, -0.1) is 0 Å². The van der Waals surface area contributed by atoms with Gasteiger partial charge in [0, 0.05) is 17.2 Å². The van der Waals surface area contributed by atoms with Crippen LogP contribution in [0, 0.1) is 0 Å². The van der Waals surface area contributed by atoms with Gasteiger partial charge in [-0.2, -0.15) is 0 Å². The van der Waals surface area contributed by atoms with E-state index in [1.807, 2.05) is 0 Å². The molecule has 0 aliphatic carbocycles. The van der Waals surface area contributed by atoms with Crippen molar-refractivity contribution in [1.82, 2.24) is 0 Å². The van der Waals surface area contributed by atoms with Crippen LogP contribution >= 0.6 is 0 Å². The summed E-state index contributed by atoms with van der Waals surface area (Å²) in [4.78, 5) is 11.8. The van der Waals surface area contributed by atoms with E-state index in [0.29, 0.717) is 11.1 Å². The summed E-state index contributed by atoms with van der Waals surface area (Å²) >= 11 is 0. The fourth-order valence-electron chi connectivity index (χ4n) is 1.73. The molecule has 21 heavy (non-hydrogen) atoms. The molecule has 6 heteroatoms. The van der Waals surface area contributed by atoms with E-state index in [0.717, 1.165) is 6.07 Å². The fourth-order valence-corrected chi connectivity index (χ4v) is 1.73. The summed E-state index contributed by atoms with van der Waals surface area (Å²) in [5.74, 6) is -1.14. The Morgan fingerprint density at radius 1 is 0.952 bits per heavy atom. The summed E-state index contributed by atoms with van der Waals surface area (Å²) in [6.07, 6.45) is 0. The first-order chi connectivity index (χ1) is 10.0. The van der Waals surface area contributed by atoms with E-state index in [4.69, 9.17) is 14.9 Å². The molecule has 0 radical (unpaired) electrons. The Labute approximate surface area is 120 Å². The molecule has 110 valence electrons. The molecule has 0 saturated carbocycles. The minimum atomic E-state index is -0.678. The summed E-state index contributed by atoms with van der Waals surface area (Å²) < 4.78 is 5.01. The van der Waals surface area contributed by atoms with E-state index in [-0.39, 0.29) is 36.0 Å². The SMILES string of the molecule is O=C(OCc1ccc(O)cc1O)c1ccc(CO)c(O)c1. The number of hydrogen-bond acceptors (Lipinski definition) is 6. The molecule has 2 aromatic carbocycles. The maximum absolute atomic E-state index is 11.8. The van der Waals surface area contributed by atoms with E-state index in [9.17, 15) is 15.0 Å². The zero-order valence-electron chi connectivity index (χ0n) is 11.0. The van der Waals surface area contributed by atoms with Gasteiger partial charge in [0.2, 0.25) is 0 Å². The van der Waals surface area contributed by atoms with Crippen LogP contribution in [0.3, 0.4) is 0 Å². The predicted molar refractivity (Wildman–Crippen MR) is 72.9 cm³/mol. The highest BCUT2D eigenvalue weighted by atomic mass is 16.5. The quantitative estimate of drug-likeness (QED) is 0.638. The number of phenols is 3. The molecule has 4 N–H and O–H groups in total. The molecule has 0 saturated heterocycles. The molecule has 6 nitrogen and oxygen atoms in total. The van der Waals surface area contributed by atoms with Crippen molar-refractivity contribution in [2.75, 3.05) is 0 Å². The maximum Gasteiger partial charge on any atom is 0.338 e. The summed E-state index contributed by atoms with van der Waals surface area (Å²) in [5, 5.41) is 37.2. The molecule has 0 aromatic heterocycles. The van der Waals surface area contributed by atoms with Crippen molar-refractivity contribution in [2.45, 2.75) is 13.2 Å². The van der Waals surface area contributed by atoms with Crippen LogP contribution in [0.5, 0.6) is 17.2 Å². The molecule has 0 aliphatic heterocycles. The van der Waals surface area contributed by atoms with Crippen LogP contribution in [-0.2, 0) is 18.0 Å². The second-order valence-electron chi connectivity index (χ2n) is 4.39. The van der Waals surface area contributed by atoms with Crippen molar-refractivity contribution in [3.8, 4) is 17.2 Å². The lowest BCUT2D eigenvalue weighted by molar-refractivity contribution is 0.0470. The molecule has 2 aromatic rings. The van der Waals surface area contributed by atoms with Gasteiger partial charge in [0.15, 0.2) is 0 Å². The highest BCUT2D eigenvalue weighted by Gasteiger charge is 2.12. The molecular formula is C15H14O6. The molecule has 0 unspecified atom stereocenters. The molecular weight excluding hydrogens is 276 g/mol. The Morgan fingerprint density at radius 3 is 2.24 bits per heavy atom. The third kappa shape index (κ3) is 3.43. The Bertz CT molecular complexity index is 665. The lowest BCUT2D eigenvalue weighted by Crippen LogP contribution is -2.05. The molecule has 0 fully saturated rings. The number of carbonyl (C=O) groups is 1. The molecule has 0 bridgehead atoms. The van der Waals surface area contributed by atoms with Gasteiger partial charge < -0.3 is 25.2 Å². The third-order valence-electron chi connectivity index (χ3n) is 2.92. The smallest absolute Gasteiger partial charge is 0.338 e. The second-order valence-corrected chi connectivity index (χ2v) is 4.39. The van der Waals surface area contributed by atoms with Crippen molar-refractivity contribution < 1.29 is 30.0 Å². The fraction of sp³-hybridized carbons (Fsp3) is 0.133. The Hall–Kier alpha value is -2.73. The van der Waals surface area contributed by atoms with Crippen LogP contribution in [0.15, 0.2) is 36.4 Å². The number of esters is 1. The number of rotatable bonds is 4. The number of aromatic hydroxyl groups is 3. The molecule has 2 rings (SSSR count). The molecule has 0 aliphatic rings. The number of aliphatic hydroxyl groups excluding tert-OH is 1. The Balaban J connectivity index is 2.06. The normalized spacial score (nSPS) is 10.3. The van der Waals surface area contributed by atoms with Crippen LogP contribution in [0.2, 0.25) is 0 Å². The highest BCUT2D eigenvalue weighted by molar-refractivity contribution is 5.90. The van der Waals surface area contributed by atoms with Gasteiger partial charge in [0.1, 0.15) is 23.9 Å². The Morgan fingerprint density at radius 2 is 1.62 bits per heavy atom. The summed E-state index contributed by atoms with van der Waals surface area (Å²) in [7, 11) is 0. The van der Waals surface area contributed by atoms with E-state index >= 15 is 0 Å². The number of aliphatic hydroxyl groups is 1. The van der Waals surface area contributed by atoms with Crippen molar-refractivity contribution in [3.05, 3.63) is 53.1 Å². The van der Waals surface area contributed by atoms with Gasteiger partial charge >= 0.3 is 5.97 Å². The van der Waals surface area contributed by atoms with Crippen molar-refractivity contribution >= 4 is 5.97 Å². The Kier molecular flexibility index (Phi) is 4.30. The maximum atomic E-state index is 11.8. The topological polar surface area (TPSA) is 107 Å². The zero-order chi connectivity index (χ0) is 15.4. The van der Waals surface area contributed by atoms with Gasteiger partial charge in [0.05, 0.1) is 12.2 Å². The molecule has 0 atom stereocenters. The van der Waals surface area contributed by atoms with E-state index in [1.54, 1.807) is 0 Å². The lowest BCUT2D eigenvalue weighted by atomic mass is 10.1. The monoisotopic (exact) mass is 290 g/mol. The van der Waals surface area contributed by atoms with Gasteiger partial charge in [-0.25, -0.2) is 4.79 Å². The van der Waals surface area contributed by atoms with Crippen LogP contribution in [0.1, 0.15) is 21.5 Å². The first kappa shape index (κ1) is 14.7. The summed E-state index contributed by atoms with van der Waals surface area (Å²) in [6, 6.07) is 7.99. The van der Waals surface area contributed by atoms with Crippen LogP contribution in [0.25, 0.3) is 0 Å². The first-order valence-corrected chi connectivity index (χ1v) is 6.12. The second kappa shape index (κ2) is 6.15. The van der Waals surface area contributed by atoms with Crippen LogP contribution < -0.4 is 0 Å². The van der Waals surface area contributed by atoms with Crippen LogP contribution in [-0.4, -0.2) is 26.4 Å². The number of hydrogen-bond donors (Lipinski definition) is 4. The molecule has 0 heterocycles. The predicted octanol–water partition coefficient (Wildman–Crippen LogP) is 1.65. The van der Waals surface area contributed by atoms with E-state index < -0.39 is 5.97 Å².